The Balaban J connectivity index is 1.70. The summed E-state index contributed by atoms with van der Waals surface area (Å²) >= 11 is 1.53. The van der Waals surface area contributed by atoms with Crippen molar-refractivity contribution in [1.29, 1.82) is 0 Å². The number of anilines is 1. The van der Waals surface area contributed by atoms with E-state index in [0.717, 1.165) is 9.80 Å². The molecule has 0 aromatic heterocycles. The van der Waals surface area contributed by atoms with Crippen molar-refractivity contribution < 1.29 is 23.9 Å². The predicted molar refractivity (Wildman–Crippen MR) is 90.4 cm³/mol. The minimum atomic E-state index is -1.08. The zero-order valence-corrected chi connectivity index (χ0v) is 14.4. The van der Waals surface area contributed by atoms with E-state index in [1.54, 1.807) is 12.1 Å². The van der Waals surface area contributed by atoms with Crippen LogP contribution < -0.4 is 10.6 Å². The lowest BCUT2D eigenvalue weighted by atomic mass is 10.2. The standard InChI is InChI=1S/C16H17N3O5S/c1-9(14(21)19-6-5-17-16(19)23)24-15(22)10-2-3-12-11(8-10)18-13(20)4-7-25-12/h2-3,8-9H,4-7H2,1H3,(H,17,23)(H,18,20)/t9-/m1/s1. The monoisotopic (exact) mass is 363 g/mol. The van der Waals surface area contributed by atoms with Crippen molar-refractivity contribution in [1.82, 2.24) is 10.2 Å². The molecule has 2 aliphatic rings. The fourth-order valence-corrected chi connectivity index (χ4v) is 3.46. The van der Waals surface area contributed by atoms with Gasteiger partial charge in [0.05, 0.1) is 11.3 Å². The van der Waals surface area contributed by atoms with Crippen molar-refractivity contribution in [3.8, 4) is 0 Å². The Morgan fingerprint density at radius 1 is 1.32 bits per heavy atom. The van der Waals surface area contributed by atoms with Gasteiger partial charge in [0.25, 0.3) is 5.91 Å². The van der Waals surface area contributed by atoms with E-state index in [1.165, 1.54) is 24.8 Å². The number of fused-ring (bicyclic) bond motifs is 1. The highest BCUT2D eigenvalue weighted by Gasteiger charge is 2.31. The summed E-state index contributed by atoms with van der Waals surface area (Å²) in [6, 6.07) is 4.37. The van der Waals surface area contributed by atoms with Gasteiger partial charge in [-0.1, -0.05) is 0 Å². The molecule has 4 amide bonds. The quantitative estimate of drug-likeness (QED) is 0.783. The number of rotatable bonds is 3. The maximum atomic E-state index is 12.3. The first-order chi connectivity index (χ1) is 12.0. The number of nitrogens with one attached hydrogen (secondary N) is 2. The van der Waals surface area contributed by atoms with Crippen molar-refractivity contribution in [3.63, 3.8) is 0 Å². The second-order valence-electron chi connectivity index (χ2n) is 5.63. The third kappa shape index (κ3) is 3.76. The van der Waals surface area contributed by atoms with Gasteiger partial charge in [0.15, 0.2) is 6.10 Å². The van der Waals surface area contributed by atoms with Gasteiger partial charge in [-0.25, -0.2) is 9.59 Å². The molecule has 0 bridgehead atoms. The Morgan fingerprint density at radius 3 is 2.84 bits per heavy atom. The maximum Gasteiger partial charge on any atom is 0.338 e. The molecule has 0 spiro atoms. The van der Waals surface area contributed by atoms with Gasteiger partial charge < -0.3 is 15.4 Å². The number of thioether (sulfide) groups is 1. The summed E-state index contributed by atoms with van der Waals surface area (Å²) in [5, 5.41) is 5.27. The van der Waals surface area contributed by atoms with Gasteiger partial charge in [-0.2, -0.15) is 0 Å². The van der Waals surface area contributed by atoms with Gasteiger partial charge in [0.1, 0.15) is 0 Å². The summed E-state index contributed by atoms with van der Waals surface area (Å²) in [7, 11) is 0. The van der Waals surface area contributed by atoms with Crippen molar-refractivity contribution >= 4 is 41.3 Å². The molecule has 1 aromatic rings. The second-order valence-corrected chi connectivity index (χ2v) is 6.76. The molecule has 0 aliphatic carbocycles. The smallest absolute Gasteiger partial charge is 0.338 e. The number of imide groups is 1. The molecule has 1 atom stereocenters. The highest BCUT2D eigenvalue weighted by molar-refractivity contribution is 7.99. The normalized spacial score (nSPS) is 17.9. The zero-order valence-electron chi connectivity index (χ0n) is 13.5. The number of carbonyl (C=O) groups is 4. The molecule has 3 rings (SSSR count). The Kier molecular flexibility index (Phi) is 4.93. The van der Waals surface area contributed by atoms with E-state index in [4.69, 9.17) is 4.74 Å². The third-order valence-electron chi connectivity index (χ3n) is 3.83. The molecule has 2 heterocycles. The molecule has 132 valence electrons. The molecule has 1 fully saturated rings. The number of benzene rings is 1. The predicted octanol–water partition coefficient (Wildman–Crippen LogP) is 1.22. The lowest BCUT2D eigenvalue weighted by Gasteiger charge is -2.18. The first-order valence-corrected chi connectivity index (χ1v) is 8.81. The topological polar surface area (TPSA) is 105 Å². The maximum absolute atomic E-state index is 12.3. The number of amides is 4. The van der Waals surface area contributed by atoms with Crippen LogP contribution in [0.3, 0.4) is 0 Å². The van der Waals surface area contributed by atoms with Crippen LogP contribution >= 0.6 is 11.8 Å². The van der Waals surface area contributed by atoms with E-state index < -0.39 is 24.0 Å². The molecular formula is C16H17N3O5S. The zero-order chi connectivity index (χ0) is 18.0. The fraction of sp³-hybridized carbons (Fsp3) is 0.375. The van der Waals surface area contributed by atoms with E-state index in [-0.39, 0.29) is 18.0 Å². The molecular weight excluding hydrogens is 346 g/mol. The van der Waals surface area contributed by atoms with Gasteiger partial charge in [-0.3, -0.25) is 14.5 Å². The molecule has 25 heavy (non-hydrogen) atoms. The minimum absolute atomic E-state index is 0.111. The van der Waals surface area contributed by atoms with Crippen molar-refractivity contribution in [2.24, 2.45) is 0 Å². The number of urea groups is 1. The van der Waals surface area contributed by atoms with E-state index in [9.17, 15) is 19.2 Å². The number of esters is 1. The SMILES string of the molecule is C[C@@H](OC(=O)c1ccc2c(c1)NC(=O)CCS2)C(=O)N1CCNC1=O. The number of nitrogens with zero attached hydrogens (tertiary/aromatic N) is 1. The summed E-state index contributed by atoms with van der Waals surface area (Å²) in [6.45, 7) is 2.06. The van der Waals surface area contributed by atoms with Gasteiger partial charge >= 0.3 is 12.0 Å². The Morgan fingerprint density at radius 2 is 2.12 bits per heavy atom. The third-order valence-corrected chi connectivity index (χ3v) is 4.91. The van der Waals surface area contributed by atoms with E-state index in [2.05, 4.69) is 10.6 Å². The highest BCUT2D eigenvalue weighted by atomic mass is 32.2. The minimum Gasteiger partial charge on any atom is -0.449 e. The molecule has 2 aliphatic heterocycles. The first-order valence-electron chi connectivity index (χ1n) is 7.82. The Bertz CT molecular complexity index is 751. The lowest BCUT2D eigenvalue weighted by Crippen LogP contribution is -2.41. The molecule has 0 saturated carbocycles. The van der Waals surface area contributed by atoms with Gasteiger partial charge in [-0.05, 0) is 25.1 Å². The Labute approximate surface area is 148 Å². The van der Waals surface area contributed by atoms with E-state index >= 15 is 0 Å². The van der Waals surface area contributed by atoms with Crippen LogP contribution in [0, 0.1) is 0 Å². The van der Waals surface area contributed by atoms with E-state index in [1.807, 2.05) is 0 Å². The molecule has 2 N–H and O–H groups in total. The van der Waals surface area contributed by atoms with Crippen molar-refractivity contribution in [2.75, 3.05) is 24.2 Å². The fourth-order valence-electron chi connectivity index (χ4n) is 2.53. The number of carbonyl (C=O) groups excluding carboxylic acids is 4. The first kappa shape index (κ1) is 17.3. The average Bonchev–Trinajstić information content (AvgIpc) is 2.91. The molecule has 1 aromatic carbocycles. The number of ether oxygens (including phenoxy) is 1. The summed E-state index contributed by atoms with van der Waals surface area (Å²) in [5.74, 6) is -0.694. The largest absolute Gasteiger partial charge is 0.449 e. The highest BCUT2D eigenvalue weighted by Crippen LogP contribution is 2.31. The molecule has 9 heteroatoms. The summed E-state index contributed by atoms with van der Waals surface area (Å²) < 4.78 is 5.18. The van der Waals surface area contributed by atoms with Crippen molar-refractivity contribution in [2.45, 2.75) is 24.3 Å². The summed E-state index contributed by atoms with van der Waals surface area (Å²) in [6.07, 6.45) is -0.679. The Hall–Kier alpha value is -2.55. The lowest BCUT2D eigenvalue weighted by molar-refractivity contribution is -0.136. The van der Waals surface area contributed by atoms with Gasteiger partial charge in [-0.15, -0.1) is 11.8 Å². The number of hydrogen-bond donors (Lipinski definition) is 2. The summed E-state index contributed by atoms with van der Waals surface area (Å²) in [4.78, 5) is 49.5. The van der Waals surface area contributed by atoms with Crippen LogP contribution in [0.4, 0.5) is 10.5 Å². The van der Waals surface area contributed by atoms with Crippen LogP contribution in [0.1, 0.15) is 23.7 Å². The molecule has 1 saturated heterocycles. The molecule has 0 radical (unpaired) electrons. The number of hydrogen-bond acceptors (Lipinski definition) is 6. The van der Waals surface area contributed by atoms with Crippen LogP contribution in [-0.2, 0) is 14.3 Å². The van der Waals surface area contributed by atoms with Crippen LogP contribution in [0.2, 0.25) is 0 Å². The van der Waals surface area contributed by atoms with Gasteiger partial charge in [0, 0.05) is 30.2 Å². The van der Waals surface area contributed by atoms with E-state index in [0.29, 0.717) is 24.4 Å². The van der Waals surface area contributed by atoms with Crippen LogP contribution in [0.15, 0.2) is 23.1 Å². The molecule has 8 nitrogen and oxygen atoms in total. The van der Waals surface area contributed by atoms with Gasteiger partial charge in [0.2, 0.25) is 5.91 Å². The summed E-state index contributed by atoms with van der Waals surface area (Å²) in [5.41, 5.74) is 0.784. The second kappa shape index (κ2) is 7.14. The van der Waals surface area contributed by atoms with Crippen molar-refractivity contribution in [3.05, 3.63) is 23.8 Å². The average molecular weight is 363 g/mol. The van der Waals surface area contributed by atoms with Crippen LogP contribution in [0.25, 0.3) is 0 Å². The molecule has 0 unspecified atom stereocenters. The van der Waals surface area contributed by atoms with Crippen LogP contribution in [-0.4, -0.2) is 53.7 Å². The van der Waals surface area contributed by atoms with Crippen LogP contribution in [0.5, 0.6) is 0 Å².